The summed E-state index contributed by atoms with van der Waals surface area (Å²) in [5.74, 6) is 1.53. The number of carbonyl (C=O) groups excluding carboxylic acids is 3. The highest BCUT2D eigenvalue weighted by Crippen LogP contribution is 2.32. The van der Waals surface area contributed by atoms with Crippen molar-refractivity contribution in [3.63, 3.8) is 0 Å². The van der Waals surface area contributed by atoms with Crippen LogP contribution in [0, 0.1) is 0 Å². The van der Waals surface area contributed by atoms with E-state index in [4.69, 9.17) is 9.97 Å². The van der Waals surface area contributed by atoms with Gasteiger partial charge in [-0.3, -0.25) is 29.3 Å². The summed E-state index contributed by atoms with van der Waals surface area (Å²) in [6.07, 6.45) is 12.0. The van der Waals surface area contributed by atoms with Crippen molar-refractivity contribution in [1.29, 1.82) is 0 Å². The number of anilines is 2. The summed E-state index contributed by atoms with van der Waals surface area (Å²) in [4.78, 5) is 63.9. The molecule has 2 aromatic carbocycles. The molecule has 7 rings (SSSR count). The molecule has 0 radical (unpaired) electrons. The van der Waals surface area contributed by atoms with Crippen LogP contribution in [-0.2, 0) is 4.79 Å². The van der Waals surface area contributed by atoms with Crippen molar-refractivity contribution in [2.75, 3.05) is 83.3 Å². The number of carbonyl (C=O) groups is 3. The zero-order valence-corrected chi connectivity index (χ0v) is 30.1. The smallest absolute Gasteiger partial charge is 0.293 e. The second kappa shape index (κ2) is 16.8. The molecule has 3 aliphatic heterocycles. The van der Waals surface area contributed by atoms with Crippen LogP contribution in [-0.4, -0.2) is 126 Å². The van der Waals surface area contributed by atoms with Crippen LogP contribution in [0.15, 0.2) is 78.2 Å². The Morgan fingerprint density at radius 2 is 1.18 bits per heavy atom. The first-order chi connectivity index (χ1) is 24.8. The minimum Gasteiger partial charge on any atom is -0.354 e. The highest BCUT2D eigenvalue weighted by molar-refractivity contribution is 8.18. The normalized spacial score (nSPS) is 18.3. The maximum atomic E-state index is 12.1. The van der Waals surface area contributed by atoms with Crippen LogP contribution in [0.1, 0.15) is 28.8 Å². The first kappa shape index (κ1) is 35.8. The number of aromatic nitrogens is 4. The SMILES string of the molecule is CN1CCCN(c2cncc(-c3cccc(/C=C4\SC(=O)N(C)C4=O)c3)n2)CC1.CN1CCCN(c2cncc(-c3cccc(C=O)c3)n2)CC1. The molecule has 0 aliphatic carbocycles. The van der Waals surface area contributed by atoms with E-state index in [0.717, 1.165) is 128 Å². The third kappa shape index (κ3) is 9.23. The molecule has 4 aromatic rings. The van der Waals surface area contributed by atoms with Gasteiger partial charge in [0.25, 0.3) is 11.1 Å². The molecule has 0 N–H and O–H groups in total. The van der Waals surface area contributed by atoms with Crippen molar-refractivity contribution in [3.8, 4) is 22.5 Å². The Morgan fingerprint density at radius 3 is 1.69 bits per heavy atom. The fraction of sp³-hybridized carbons (Fsp3) is 0.342. The lowest BCUT2D eigenvalue weighted by molar-refractivity contribution is -0.121. The second-order valence-electron chi connectivity index (χ2n) is 12.9. The van der Waals surface area contributed by atoms with Gasteiger partial charge < -0.3 is 19.6 Å². The van der Waals surface area contributed by atoms with Gasteiger partial charge in [-0.15, -0.1) is 0 Å². The summed E-state index contributed by atoms with van der Waals surface area (Å²) < 4.78 is 0. The van der Waals surface area contributed by atoms with Crippen LogP contribution >= 0.6 is 11.8 Å². The quantitative estimate of drug-likeness (QED) is 0.197. The first-order valence-corrected chi connectivity index (χ1v) is 18.0. The van der Waals surface area contributed by atoms with Gasteiger partial charge in [0.1, 0.15) is 17.9 Å². The number of hydrogen-bond donors (Lipinski definition) is 0. The Labute approximate surface area is 303 Å². The fourth-order valence-corrected chi connectivity index (χ4v) is 6.93. The lowest BCUT2D eigenvalue weighted by Crippen LogP contribution is -2.29. The number of thioether (sulfide) groups is 1. The largest absolute Gasteiger partial charge is 0.354 e. The van der Waals surface area contributed by atoms with E-state index in [0.29, 0.717) is 10.5 Å². The fourth-order valence-electron chi connectivity index (χ4n) is 6.10. The molecule has 5 heterocycles. The third-order valence-corrected chi connectivity index (χ3v) is 10.1. The van der Waals surface area contributed by atoms with Gasteiger partial charge in [-0.05, 0) is 75.6 Å². The number of rotatable bonds is 6. The minimum absolute atomic E-state index is 0.251. The summed E-state index contributed by atoms with van der Waals surface area (Å²) in [6.45, 7) is 8.11. The molecule has 0 bridgehead atoms. The number of nitrogens with zero attached hydrogens (tertiary/aromatic N) is 9. The number of likely N-dealkylation sites (N-methyl/N-ethyl adjacent to an activating group) is 3. The molecule has 264 valence electrons. The molecule has 51 heavy (non-hydrogen) atoms. The van der Waals surface area contributed by atoms with E-state index in [2.05, 4.69) is 43.7 Å². The zero-order valence-electron chi connectivity index (χ0n) is 29.3. The van der Waals surface area contributed by atoms with Crippen molar-refractivity contribution in [2.45, 2.75) is 12.8 Å². The number of hydrogen-bond acceptors (Lipinski definition) is 12. The molecule has 13 heteroatoms. The summed E-state index contributed by atoms with van der Waals surface area (Å²) >= 11 is 0.962. The van der Waals surface area contributed by atoms with Crippen molar-refractivity contribution >= 4 is 46.9 Å². The van der Waals surface area contributed by atoms with Crippen molar-refractivity contribution in [1.82, 2.24) is 34.6 Å². The van der Waals surface area contributed by atoms with Gasteiger partial charge in [0.05, 0.1) is 41.1 Å². The summed E-state index contributed by atoms with van der Waals surface area (Å²) in [5.41, 5.74) is 4.95. The van der Waals surface area contributed by atoms with Crippen molar-refractivity contribution < 1.29 is 14.4 Å². The van der Waals surface area contributed by atoms with E-state index in [9.17, 15) is 14.4 Å². The van der Waals surface area contributed by atoms with E-state index in [1.165, 1.54) is 7.05 Å². The molecule has 2 aromatic heterocycles. The van der Waals surface area contributed by atoms with Gasteiger partial charge in [0, 0.05) is 63.0 Å². The Balaban J connectivity index is 0.000000183. The van der Waals surface area contributed by atoms with Crippen LogP contribution < -0.4 is 9.80 Å². The van der Waals surface area contributed by atoms with Crippen LogP contribution in [0.4, 0.5) is 16.4 Å². The highest BCUT2D eigenvalue weighted by Gasteiger charge is 2.31. The van der Waals surface area contributed by atoms with Crippen LogP contribution in [0.5, 0.6) is 0 Å². The number of amides is 2. The number of benzene rings is 2. The molecule has 3 saturated heterocycles. The molecule has 0 unspecified atom stereocenters. The van der Waals surface area contributed by atoms with Crippen LogP contribution in [0.3, 0.4) is 0 Å². The molecule has 0 atom stereocenters. The lowest BCUT2D eigenvalue weighted by atomic mass is 10.1. The molecule has 0 saturated carbocycles. The predicted octanol–water partition coefficient (Wildman–Crippen LogP) is 5.05. The van der Waals surface area contributed by atoms with Gasteiger partial charge >= 0.3 is 0 Å². The van der Waals surface area contributed by atoms with Gasteiger partial charge in [-0.2, -0.15) is 0 Å². The summed E-state index contributed by atoms with van der Waals surface area (Å²) in [6, 6.07) is 15.2. The predicted molar refractivity (Wildman–Crippen MR) is 203 cm³/mol. The Morgan fingerprint density at radius 1 is 0.647 bits per heavy atom. The first-order valence-electron chi connectivity index (χ1n) is 17.2. The van der Waals surface area contributed by atoms with E-state index < -0.39 is 0 Å². The molecule has 3 aliphatic rings. The minimum atomic E-state index is -0.265. The van der Waals surface area contributed by atoms with Crippen LogP contribution in [0.2, 0.25) is 0 Å². The van der Waals surface area contributed by atoms with Gasteiger partial charge in [0.15, 0.2) is 0 Å². The van der Waals surface area contributed by atoms with E-state index in [1.807, 2.05) is 54.9 Å². The van der Waals surface area contributed by atoms with E-state index in [-0.39, 0.29) is 11.1 Å². The topological polar surface area (TPSA) is 119 Å². The lowest BCUT2D eigenvalue weighted by Gasteiger charge is -2.21. The van der Waals surface area contributed by atoms with Crippen molar-refractivity contribution in [3.05, 3.63) is 89.4 Å². The van der Waals surface area contributed by atoms with E-state index in [1.54, 1.807) is 24.5 Å². The Kier molecular flexibility index (Phi) is 11.8. The monoisotopic (exact) mass is 705 g/mol. The van der Waals surface area contributed by atoms with Gasteiger partial charge in [-0.1, -0.05) is 36.4 Å². The van der Waals surface area contributed by atoms with Gasteiger partial charge in [0.2, 0.25) is 0 Å². The molecular weight excluding hydrogens is 663 g/mol. The van der Waals surface area contributed by atoms with E-state index >= 15 is 0 Å². The van der Waals surface area contributed by atoms with Crippen LogP contribution in [0.25, 0.3) is 28.6 Å². The standard InChI is InChI=1S/C21H23N5O2S.C17H20N4O/c1-24-7-4-8-26(10-9-24)19-14-22-13-17(23-19)16-6-3-5-15(11-16)12-18-20(27)25(2)21(28)29-18;1-20-6-3-7-21(9-8-20)17-12-18-11-16(19-17)15-5-2-4-14(10-15)13-22/h3,5-6,11-14H,4,7-10H2,1-2H3;2,4-5,10-13H,3,6-9H2,1H3/b18-12-;. The second-order valence-corrected chi connectivity index (χ2v) is 13.9. The maximum absolute atomic E-state index is 12.1. The van der Waals surface area contributed by atoms with Crippen molar-refractivity contribution in [2.24, 2.45) is 0 Å². The molecule has 3 fully saturated rings. The summed E-state index contributed by atoms with van der Waals surface area (Å²) in [7, 11) is 5.79. The average Bonchev–Trinajstić information content (AvgIpc) is 3.39. The number of aldehydes is 1. The molecule has 0 spiro atoms. The summed E-state index contributed by atoms with van der Waals surface area (Å²) in [5, 5.41) is -0.251. The zero-order chi connectivity index (χ0) is 35.7. The Bertz CT molecular complexity index is 1900. The Hall–Kier alpha value is -4.98. The average molecular weight is 706 g/mol. The third-order valence-electron chi connectivity index (χ3n) is 9.12. The molecule has 2 amide bonds. The molecular formula is C38H43N9O3S. The highest BCUT2D eigenvalue weighted by atomic mass is 32.2. The molecule has 12 nitrogen and oxygen atoms in total. The number of imide groups is 1. The van der Waals surface area contributed by atoms with Gasteiger partial charge in [-0.25, -0.2) is 9.97 Å². The maximum Gasteiger partial charge on any atom is 0.293 e.